The lowest BCUT2D eigenvalue weighted by molar-refractivity contribution is 0.375. The molecule has 0 aliphatic carbocycles. The van der Waals surface area contributed by atoms with E-state index in [1.807, 2.05) is 17.1 Å². The van der Waals surface area contributed by atoms with Gasteiger partial charge in [-0.15, -0.1) is 0 Å². The molecule has 3 heterocycles. The highest BCUT2D eigenvalue weighted by Gasteiger charge is 2.20. The summed E-state index contributed by atoms with van der Waals surface area (Å²) in [4.78, 5) is 4.12. The molecule has 2 N–H and O–H groups in total. The third-order valence-electron chi connectivity index (χ3n) is 4.08. The highest BCUT2D eigenvalue weighted by atomic mass is 15.1. The number of imidazole rings is 1. The topological polar surface area (TPSA) is 58.5 Å². The molecule has 1 fully saturated rings. The summed E-state index contributed by atoms with van der Waals surface area (Å²) in [5, 5.41) is 11.0. The summed E-state index contributed by atoms with van der Waals surface area (Å²) in [5.41, 5.74) is 5.62. The molecule has 0 saturated carbocycles. The first-order chi connectivity index (χ1) is 10.3. The smallest absolute Gasteiger partial charge is 0.0991 e. The number of hydrogen-bond acceptors (Lipinski definition) is 3. The second-order valence-electron chi connectivity index (χ2n) is 5.48. The summed E-state index contributed by atoms with van der Waals surface area (Å²) in [6, 6.07) is 8.97. The number of hydrogen-bond donors (Lipinski definition) is 2. The molecule has 106 valence electrons. The molecule has 0 radical (unpaired) electrons. The lowest BCUT2D eigenvalue weighted by atomic mass is 10.0. The van der Waals surface area contributed by atoms with Crippen molar-refractivity contribution in [3.05, 3.63) is 54.2 Å². The van der Waals surface area contributed by atoms with Gasteiger partial charge in [0.1, 0.15) is 0 Å². The van der Waals surface area contributed by atoms with Crippen LogP contribution in [0.1, 0.15) is 23.7 Å². The molecule has 0 unspecified atom stereocenters. The van der Waals surface area contributed by atoms with Crippen molar-refractivity contribution in [3.63, 3.8) is 0 Å². The zero-order valence-corrected chi connectivity index (χ0v) is 11.9. The zero-order valence-electron chi connectivity index (χ0n) is 11.9. The molecule has 21 heavy (non-hydrogen) atoms. The minimum atomic E-state index is 0.435. The van der Waals surface area contributed by atoms with Crippen molar-refractivity contribution in [2.24, 2.45) is 0 Å². The lowest BCUT2D eigenvalue weighted by Gasteiger charge is -2.25. The number of rotatable bonds is 3. The second-order valence-corrected chi connectivity index (χ2v) is 5.48. The number of aryl methyl sites for hydroxylation is 1. The maximum absolute atomic E-state index is 4.45. The minimum Gasteiger partial charge on any atom is -0.309 e. The van der Waals surface area contributed by atoms with Crippen LogP contribution in [0.15, 0.2) is 43.0 Å². The molecule has 3 aromatic rings. The highest BCUT2D eigenvalue weighted by Crippen LogP contribution is 2.27. The van der Waals surface area contributed by atoms with E-state index >= 15 is 0 Å². The van der Waals surface area contributed by atoms with Gasteiger partial charge in [0.15, 0.2) is 0 Å². The molecule has 1 saturated heterocycles. The Hall–Kier alpha value is -2.40. The third-order valence-corrected chi connectivity index (χ3v) is 4.08. The maximum atomic E-state index is 4.45. The van der Waals surface area contributed by atoms with E-state index in [2.05, 4.69) is 51.7 Å². The van der Waals surface area contributed by atoms with Gasteiger partial charge < -0.3 is 9.88 Å². The molecule has 5 nitrogen and oxygen atoms in total. The van der Waals surface area contributed by atoms with E-state index in [1.165, 1.54) is 17.7 Å². The van der Waals surface area contributed by atoms with Gasteiger partial charge in [0, 0.05) is 18.0 Å². The van der Waals surface area contributed by atoms with E-state index in [-0.39, 0.29) is 0 Å². The largest absolute Gasteiger partial charge is 0.309 e. The fraction of sp³-hybridized carbons (Fsp3) is 0.250. The first kappa shape index (κ1) is 12.3. The first-order valence-corrected chi connectivity index (χ1v) is 7.19. The van der Waals surface area contributed by atoms with Crippen LogP contribution in [0.25, 0.3) is 16.9 Å². The molecule has 2 aromatic heterocycles. The predicted octanol–water partition coefficient (Wildman–Crippen LogP) is 2.61. The molecular formula is C16H17N5. The number of nitrogens with one attached hydrogen (secondary N) is 2. The lowest BCUT2D eigenvalue weighted by Crippen LogP contribution is -2.35. The van der Waals surface area contributed by atoms with Crippen molar-refractivity contribution in [1.29, 1.82) is 0 Å². The van der Waals surface area contributed by atoms with Crippen LogP contribution < -0.4 is 5.32 Å². The molecule has 5 heteroatoms. The van der Waals surface area contributed by atoms with Crippen LogP contribution >= 0.6 is 0 Å². The summed E-state index contributed by atoms with van der Waals surface area (Å²) in [6.45, 7) is 3.20. The van der Waals surface area contributed by atoms with Gasteiger partial charge in [-0.05, 0) is 37.6 Å². The number of aromatic nitrogens is 4. The summed E-state index contributed by atoms with van der Waals surface area (Å²) in [5.74, 6) is 0. The van der Waals surface area contributed by atoms with Crippen molar-refractivity contribution in [1.82, 2.24) is 25.1 Å². The number of nitrogens with zero attached hydrogens (tertiary/aromatic N) is 3. The third kappa shape index (κ3) is 2.15. The van der Waals surface area contributed by atoms with Gasteiger partial charge in [-0.1, -0.05) is 12.1 Å². The summed E-state index contributed by atoms with van der Waals surface area (Å²) >= 11 is 0. The SMILES string of the molecule is Cc1ccc(-c2cc([C@@H]3CCN3)[nH]n2)cc1-n1ccnc1. The Morgan fingerprint density at radius 2 is 2.19 bits per heavy atom. The highest BCUT2D eigenvalue weighted by molar-refractivity contribution is 5.64. The Balaban J connectivity index is 1.71. The van der Waals surface area contributed by atoms with Crippen LogP contribution in [0, 0.1) is 6.92 Å². The van der Waals surface area contributed by atoms with E-state index < -0.39 is 0 Å². The average molecular weight is 279 g/mol. The van der Waals surface area contributed by atoms with Crippen molar-refractivity contribution in [2.75, 3.05) is 6.54 Å². The van der Waals surface area contributed by atoms with E-state index in [4.69, 9.17) is 0 Å². The molecular weight excluding hydrogens is 262 g/mol. The fourth-order valence-corrected chi connectivity index (χ4v) is 2.67. The summed E-state index contributed by atoms with van der Waals surface area (Å²) in [6.07, 6.45) is 6.75. The summed E-state index contributed by atoms with van der Waals surface area (Å²) in [7, 11) is 0. The number of aromatic amines is 1. The van der Waals surface area contributed by atoms with Crippen LogP contribution in [0.3, 0.4) is 0 Å². The average Bonchev–Trinajstić information content (AvgIpc) is 3.08. The molecule has 1 aliphatic heterocycles. The Kier molecular flexibility index (Phi) is 2.86. The van der Waals surface area contributed by atoms with E-state index in [0.29, 0.717) is 6.04 Å². The molecule has 1 atom stereocenters. The number of H-pyrrole nitrogens is 1. The Bertz CT molecular complexity index is 753. The second kappa shape index (κ2) is 4.86. The molecule has 1 aromatic carbocycles. The van der Waals surface area contributed by atoms with Gasteiger partial charge in [-0.2, -0.15) is 5.10 Å². The van der Waals surface area contributed by atoms with Crippen LogP contribution in [-0.2, 0) is 0 Å². The van der Waals surface area contributed by atoms with Crippen LogP contribution in [-0.4, -0.2) is 26.3 Å². The quantitative estimate of drug-likeness (QED) is 0.775. The van der Waals surface area contributed by atoms with Crippen LogP contribution in [0.2, 0.25) is 0 Å². The zero-order chi connectivity index (χ0) is 14.2. The van der Waals surface area contributed by atoms with Gasteiger partial charge in [0.05, 0.1) is 29.4 Å². The van der Waals surface area contributed by atoms with E-state index in [9.17, 15) is 0 Å². The van der Waals surface area contributed by atoms with Crippen molar-refractivity contribution >= 4 is 0 Å². The molecule has 4 rings (SSSR count). The molecule has 0 bridgehead atoms. The van der Waals surface area contributed by atoms with Gasteiger partial charge in [-0.3, -0.25) is 5.10 Å². The van der Waals surface area contributed by atoms with Gasteiger partial charge in [0.2, 0.25) is 0 Å². The van der Waals surface area contributed by atoms with Crippen LogP contribution in [0.4, 0.5) is 0 Å². The Morgan fingerprint density at radius 1 is 1.29 bits per heavy atom. The number of benzene rings is 1. The van der Waals surface area contributed by atoms with E-state index in [0.717, 1.165) is 23.5 Å². The Morgan fingerprint density at radius 3 is 2.90 bits per heavy atom. The Labute approximate surface area is 123 Å². The molecule has 0 spiro atoms. The van der Waals surface area contributed by atoms with E-state index in [1.54, 1.807) is 6.20 Å². The fourth-order valence-electron chi connectivity index (χ4n) is 2.67. The van der Waals surface area contributed by atoms with Gasteiger partial charge in [0.25, 0.3) is 0 Å². The van der Waals surface area contributed by atoms with Gasteiger partial charge in [-0.25, -0.2) is 4.98 Å². The standard InChI is InChI=1S/C16H17N5/c1-11-2-3-12(8-16(11)21-7-6-17-10-21)14-9-15(20-19-14)13-4-5-18-13/h2-3,6-10,13,18H,4-5H2,1H3,(H,19,20)/t13-/m0/s1. The monoisotopic (exact) mass is 279 g/mol. The summed E-state index contributed by atoms with van der Waals surface area (Å²) < 4.78 is 2.03. The first-order valence-electron chi connectivity index (χ1n) is 7.19. The minimum absolute atomic E-state index is 0.435. The normalized spacial score (nSPS) is 17.7. The predicted molar refractivity (Wildman–Crippen MR) is 81.2 cm³/mol. The van der Waals surface area contributed by atoms with Crippen LogP contribution in [0.5, 0.6) is 0 Å². The van der Waals surface area contributed by atoms with Gasteiger partial charge >= 0.3 is 0 Å². The van der Waals surface area contributed by atoms with Crippen molar-refractivity contribution in [2.45, 2.75) is 19.4 Å². The van der Waals surface area contributed by atoms with Crippen molar-refractivity contribution < 1.29 is 0 Å². The molecule has 0 amide bonds. The molecule has 1 aliphatic rings. The van der Waals surface area contributed by atoms with Crippen molar-refractivity contribution in [3.8, 4) is 16.9 Å². The maximum Gasteiger partial charge on any atom is 0.0991 e.